The molecule has 7 nitrogen and oxygen atoms in total. The van der Waals surface area contributed by atoms with Crippen LogP contribution in [0.1, 0.15) is 30.5 Å². The van der Waals surface area contributed by atoms with E-state index >= 15 is 0 Å². The lowest BCUT2D eigenvalue weighted by molar-refractivity contribution is -0.133. The molecule has 0 fully saturated rings. The number of carbonyl (C=O) groups excluding carboxylic acids is 2. The Kier molecular flexibility index (Phi) is 6.95. The second kappa shape index (κ2) is 9.63. The number of urea groups is 1. The maximum absolute atomic E-state index is 13.1. The standard InChI is InChI=1S/C22H25ClN4O3/c1-4-24-22(29)26(2)14-21(28)27-19(16-10-6-8-12-20(16)30-3)13-18(25-27)15-9-5-7-11-17(15)23/h5-12,19H,4,13-14H2,1-3H3,(H,24,29)/t19-/m0/s1. The van der Waals surface area contributed by atoms with E-state index in [4.69, 9.17) is 16.3 Å². The van der Waals surface area contributed by atoms with Gasteiger partial charge in [0.05, 0.1) is 18.9 Å². The minimum absolute atomic E-state index is 0.100. The molecular formula is C22H25ClN4O3. The van der Waals surface area contributed by atoms with Crippen LogP contribution >= 0.6 is 11.6 Å². The number of benzene rings is 2. The molecule has 0 aliphatic carbocycles. The molecule has 1 aliphatic rings. The smallest absolute Gasteiger partial charge is 0.317 e. The van der Waals surface area contributed by atoms with Crippen molar-refractivity contribution in [3.8, 4) is 5.75 Å². The SMILES string of the molecule is CCNC(=O)N(C)CC(=O)N1N=C(c2ccccc2Cl)C[C@H]1c1ccccc1OC. The first-order valence-electron chi connectivity index (χ1n) is 9.72. The summed E-state index contributed by atoms with van der Waals surface area (Å²) in [4.78, 5) is 26.5. The lowest BCUT2D eigenvalue weighted by Gasteiger charge is -2.25. The van der Waals surface area contributed by atoms with Crippen LogP contribution in [0.4, 0.5) is 4.79 Å². The second-order valence-corrected chi connectivity index (χ2v) is 7.33. The van der Waals surface area contributed by atoms with Crippen molar-refractivity contribution in [2.75, 3.05) is 27.2 Å². The van der Waals surface area contributed by atoms with Crippen molar-refractivity contribution in [3.63, 3.8) is 0 Å². The number of hydrogen-bond acceptors (Lipinski definition) is 4. The summed E-state index contributed by atoms with van der Waals surface area (Å²) in [5.74, 6) is 0.384. The first kappa shape index (κ1) is 21.6. The molecule has 0 bridgehead atoms. The van der Waals surface area contributed by atoms with Crippen molar-refractivity contribution >= 4 is 29.3 Å². The average molecular weight is 429 g/mol. The molecule has 1 N–H and O–H groups in total. The number of nitrogens with zero attached hydrogens (tertiary/aromatic N) is 3. The van der Waals surface area contributed by atoms with Crippen molar-refractivity contribution in [1.82, 2.24) is 15.2 Å². The van der Waals surface area contributed by atoms with Gasteiger partial charge in [0.25, 0.3) is 5.91 Å². The molecule has 8 heteroatoms. The van der Waals surface area contributed by atoms with Crippen molar-refractivity contribution in [3.05, 3.63) is 64.7 Å². The molecule has 0 spiro atoms. The van der Waals surface area contributed by atoms with Crippen molar-refractivity contribution in [2.24, 2.45) is 5.10 Å². The molecule has 1 heterocycles. The fourth-order valence-corrected chi connectivity index (χ4v) is 3.66. The molecule has 0 saturated carbocycles. The summed E-state index contributed by atoms with van der Waals surface area (Å²) in [6.07, 6.45) is 0.487. The van der Waals surface area contributed by atoms with Gasteiger partial charge in [-0.25, -0.2) is 9.80 Å². The Hall–Kier alpha value is -3.06. The van der Waals surface area contributed by atoms with Crippen LogP contribution in [0.2, 0.25) is 5.02 Å². The summed E-state index contributed by atoms with van der Waals surface area (Å²) >= 11 is 6.37. The summed E-state index contributed by atoms with van der Waals surface area (Å²) in [6, 6.07) is 14.3. The van der Waals surface area contributed by atoms with E-state index in [0.29, 0.717) is 29.4 Å². The van der Waals surface area contributed by atoms with Gasteiger partial charge in [0.1, 0.15) is 12.3 Å². The molecule has 0 saturated heterocycles. The van der Waals surface area contributed by atoms with E-state index in [1.165, 1.54) is 9.91 Å². The van der Waals surface area contributed by atoms with Crippen LogP contribution in [0.15, 0.2) is 53.6 Å². The summed E-state index contributed by atoms with van der Waals surface area (Å²) in [5.41, 5.74) is 2.34. The number of amides is 3. The highest BCUT2D eigenvalue weighted by Crippen LogP contribution is 2.38. The fourth-order valence-electron chi connectivity index (χ4n) is 3.42. The summed E-state index contributed by atoms with van der Waals surface area (Å²) in [5, 5.41) is 9.31. The predicted octanol–water partition coefficient (Wildman–Crippen LogP) is 3.69. The van der Waals surface area contributed by atoms with E-state index in [0.717, 1.165) is 11.1 Å². The Morgan fingerprint density at radius 3 is 2.63 bits per heavy atom. The van der Waals surface area contributed by atoms with E-state index in [1.54, 1.807) is 20.2 Å². The average Bonchev–Trinajstić information content (AvgIpc) is 3.19. The molecule has 0 radical (unpaired) electrons. The lowest BCUT2D eigenvalue weighted by Crippen LogP contribution is -2.43. The van der Waals surface area contributed by atoms with Gasteiger partial charge in [-0.1, -0.05) is 48.0 Å². The highest BCUT2D eigenvalue weighted by Gasteiger charge is 2.35. The van der Waals surface area contributed by atoms with E-state index in [-0.39, 0.29) is 24.5 Å². The van der Waals surface area contributed by atoms with Crippen LogP contribution in [0.3, 0.4) is 0 Å². The summed E-state index contributed by atoms with van der Waals surface area (Å²) < 4.78 is 5.51. The van der Waals surface area contributed by atoms with Gasteiger partial charge in [-0.15, -0.1) is 0 Å². The van der Waals surface area contributed by atoms with Gasteiger partial charge in [-0.2, -0.15) is 5.10 Å². The third-order valence-corrected chi connectivity index (χ3v) is 5.23. The molecule has 1 aliphatic heterocycles. The van der Waals surface area contributed by atoms with Crippen molar-refractivity contribution < 1.29 is 14.3 Å². The Morgan fingerprint density at radius 1 is 1.23 bits per heavy atom. The molecule has 158 valence electrons. The van der Waals surface area contributed by atoms with Crippen molar-refractivity contribution in [1.29, 1.82) is 0 Å². The van der Waals surface area contributed by atoms with E-state index in [2.05, 4.69) is 10.4 Å². The number of nitrogens with one attached hydrogen (secondary N) is 1. The monoisotopic (exact) mass is 428 g/mol. The predicted molar refractivity (Wildman–Crippen MR) is 117 cm³/mol. The first-order valence-corrected chi connectivity index (χ1v) is 10.1. The number of hydrogen-bond donors (Lipinski definition) is 1. The Bertz CT molecular complexity index is 963. The van der Waals surface area contributed by atoms with Crippen LogP contribution < -0.4 is 10.1 Å². The van der Waals surface area contributed by atoms with Gasteiger partial charge in [0, 0.05) is 36.2 Å². The number of carbonyl (C=O) groups is 2. The zero-order valence-electron chi connectivity index (χ0n) is 17.3. The number of rotatable bonds is 6. The normalized spacial score (nSPS) is 15.5. The first-order chi connectivity index (χ1) is 14.5. The zero-order chi connectivity index (χ0) is 21.7. The Balaban J connectivity index is 1.94. The molecule has 3 rings (SSSR count). The van der Waals surface area contributed by atoms with Crippen LogP contribution in [0, 0.1) is 0 Å². The van der Waals surface area contributed by atoms with Crippen LogP contribution in [-0.4, -0.2) is 54.8 Å². The van der Waals surface area contributed by atoms with Crippen LogP contribution in [0.5, 0.6) is 5.75 Å². The minimum Gasteiger partial charge on any atom is -0.496 e. The highest BCUT2D eigenvalue weighted by atomic mass is 35.5. The molecule has 2 aromatic rings. The number of likely N-dealkylation sites (N-methyl/N-ethyl adjacent to an activating group) is 1. The summed E-state index contributed by atoms with van der Waals surface area (Å²) in [6.45, 7) is 2.21. The molecule has 0 aromatic heterocycles. The Labute approximate surface area is 181 Å². The van der Waals surface area contributed by atoms with Crippen LogP contribution in [0.25, 0.3) is 0 Å². The van der Waals surface area contributed by atoms with Crippen LogP contribution in [-0.2, 0) is 4.79 Å². The fraction of sp³-hybridized carbons (Fsp3) is 0.318. The third kappa shape index (κ3) is 4.57. The quantitative estimate of drug-likeness (QED) is 0.762. The molecule has 2 aromatic carbocycles. The van der Waals surface area contributed by atoms with Gasteiger partial charge in [0.15, 0.2) is 0 Å². The summed E-state index contributed by atoms with van der Waals surface area (Å²) in [7, 11) is 3.18. The van der Waals surface area contributed by atoms with Gasteiger partial charge in [-0.05, 0) is 19.1 Å². The number of ether oxygens (including phenoxy) is 1. The molecule has 0 unspecified atom stereocenters. The van der Waals surface area contributed by atoms with E-state index in [1.807, 2.05) is 49.4 Å². The van der Waals surface area contributed by atoms with Gasteiger partial charge < -0.3 is 15.0 Å². The minimum atomic E-state index is -0.359. The second-order valence-electron chi connectivity index (χ2n) is 6.92. The largest absolute Gasteiger partial charge is 0.496 e. The number of hydrazone groups is 1. The maximum atomic E-state index is 13.1. The highest BCUT2D eigenvalue weighted by molar-refractivity contribution is 6.34. The zero-order valence-corrected chi connectivity index (χ0v) is 18.0. The molecule has 3 amide bonds. The topological polar surface area (TPSA) is 74.2 Å². The lowest BCUT2D eigenvalue weighted by atomic mass is 9.97. The van der Waals surface area contributed by atoms with E-state index in [9.17, 15) is 9.59 Å². The van der Waals surface area contributed by atoms with Gasteiger partial charge in [0.2, 0.25) is 0 Å². The molecule has 1 atom stereocenters. The van der Waals surface area contributed by atoms with Gasteiger partial charge >= 0.3 is 6.03 Å². The number of halogens is 1. The van der Waals surface area contributed by atoms with Gasteiger partial charge in [-0.3, -0.25) is 4.79 Å². The molecular weight excluding hydrogens is 404 g/mol. The van der Waals surface area contributed by atoms with Crippen molar-refractivity contribution in [2.45, 2.75) is 19.4 Å². The van der Waals surface area contributed by atoms with E-state index < -0.39 is 0 Å². The third-order valence-electron chi connectivity index (χ3n) is 4.90. The Morgan fingerprint density at radius 2 is 1.93 bits per heavy atom. The molecule has 30 heavy (non-hydrogen) atoms. The number of para-hydroxylation sites is 1. The maximum Gasteiger partial charge on any atom is 0.317 e. The number of methoxy groups -OCH3 is 1.